The molecule has 0 radical (unpaired) electrons. The van der Waals surface area contributed by atoms with Gasteiger partial charge in [-0.05, 0) is 31.8 Å². The number of thiazole rings is 1. The van der Waals surface area contributed by atoms with Crippen LogP contribution in [0.2, 0.25) is 0 Å². The first kappa shape index (κ1) is 11.9. The van der Waals surface area contributed by atoms with Crippen LogP contribution in [0.1, 0.15) is 25.0 Å². The molecule has 0 aliphatic carbocycles. The number of hydrogen-bond donors (Lipinski definition) is 1. The van der Waals surface area contributed by atoms with Crippen molar-refractivity contribution in [3.63, 3.8) is 0 Å². The molecule has 5 heteroatoms. The first-order chi connectivity index (χ1) is 8.81. The van der Waals surface area contributed by atoms with Gasteiger partial charge in [-0.2, -0.15) is 0 Å². The second-order valence-electron chi connectivity index (χ2n) is 4.96. The van der Waals surface area contributed by atoms with Gasteiger partial charge in [-0.1, -0.05) is 0 Å². The number of ketones is 1. The maximum Gasteiger partial charge on any atom is 0.193 e. The van der Waals surface area contributed by atoms with Crippen LogP contribution in [0.3, 0.4) is 0 Å². The van der Waals surface area contributed by atoms with Crippen LogP contribution in [-0.2, 0) is 11.2 Å². The molecule has 3 heterocycles. The predicted octanol–water partition coefficient (Wildman–Crippen LogP) is 1.90. The van der Waals surface area contributed by atoms with E-state index in [-0.39, 0.29) is 0 Å². The molecule has 1 N–H and O–H groups in total. The van der Waals surface area contributed by atoms with Crippen LogP contribution in [0.15, 0.2) is 17.8 Å². The number of nitrogens with zero attached hydrogens (tertiary/aromatic N) is 2. The Bertz CT molecular complexity index is 511. The highest BCUT2D eigenvalue weighted by molar-refractivity contribution is 7.15. The SMILES string of the molecule is O=C(Cc1cn2ccsc2n1)CC1CCCNC1. The fourth-order valence-electron chi connectivity index (χ4n) is 2.56. The molecule has 1 atom stereocenters. The van der Waals surface area contributed by atoms with E-state index in [1.54, 1.807) is 11.3 Å². The fraction of sp³-hybridized carbons (Fsp3) is 0.538. The quantitative estimate of drug-likeness (QED) is 0.916. The van der Waals surface area contributed by atoms with Gasteiger partial charge in [0, 0.05) is 24.2 Å². The molecule has 1 aliphatic rings. The lowest BCUT2D eigenvalue weighted by atomic mass is 9.93. The molecule has 96 valence electrons. The Morgan fingerprint density at radius 2 is 2.56 bits per heavy atom. The summed E-state index contributed by atoms with van der Waals surface area (Å²) in [5.41, 5.74) is 0.899. The zero-order valence-corrected chi connectivity index (χ0v) is 11.1. The number of aromatic nitrogens is 2. The summed E-state index contributed by atoms with van der Waals surface area (Å²) >= 11 is 1.60. The lowest BCUT2D eigenvalue weighted by Gasteiger charge is -2.21. The second-order valence-corrected chi connectivity index (χ2v) is 5.83. The number of carbonyl (C=O) groups excluding carboxylic acids is 1. The molecule has 1 saturated heterocycles. The van der Waals surface area contributed by atoms with Crippen LogP contribution >= 0.6 is 11.3 Å². The molecule has 1 aliphatic heterocycles. The van der Waals surface area contributed by atoms with Crippen LogP contribution in [0.25, 0.3) is 4.96 Å². The summed E-state index contributed by atoms with van der Waals surface area (Å²) in [5, 5.41) is 5.35. The summed E-state index contributed by atoms with van der Waals surface area (Å²) in [6.07, 6.45) is 7.48. The van der Waals surface area contributed by atoms with E-state index in [2.05, 4.69) is 10.3 Å². The summed E-state index contributed by atoms with van der Waals surface area (Å²) in [6.45, 7) is 2.09. The van der Waals surface area contributed by atoms with Crippen LogP contribution in [0.4, 0.5) is 0 Å². The second kappa shape index (κ2) is 5.20. The standard InChI is InChI=1S/C13H17N3OS/c17-12(6-10-2-1-3-14-8-10)7-11-9-16-4-5-18-13(16)15-11/h4-5,9-10,14H,1-3,6-8H2. The molecule has 0 bridgehead atoms. The van der Waals surface area contributed by atoms with E-state index in [9.17, 15) is 4.79 Å². The van der Waals surface area contributed by atoms with Gasteiger partial charge in [0.2, 0.25) is 0 Å². The highest BCUT2D eigenvalue weighted by atomic mass is 32.1. The Balaban J connectivity index is 1.58. The maximum absolute atomic E-state index is 12.0. The lowest BCUT2D eigenvalue weighted by molar-refractivity contribution is -0.119. The van der Waals surface area contributed by atoms with Gasteiger partial charge < -0.3 is 5.32 Å². The average molecular weight is 263 g/mol. The van der Waals surface area contributed by atoms with Gasteiger partial charge in [0.1, 0.15) is 5.78 Å². The Kier molecular flexibility index (Phi) is 3.43. The lowest BCUT2D eigenvalue weighted by Crippen LogP contribution is -2.31. The zero-order chi connectivity index (χ0) is 12.4. The van der Waals surface area contributed by atoms with E-state index < -0.39 is 0 Å². The van der Waals surface area contributed by atoms with Gasteiger partial charge in [0.25, 0.3) is 0 Å². The van der Waals surface area contributed by atoms with Crippen molar-refractivity contribution >= 4 is 22.1 Å². The van der Waals surface area contributed by atoms with Gasteiger partial charge in [0.15, 0.2) is 4.96 Å². The van der Waals surface area contributed by atoms with Crippen molar-refractivity contribution in [2.45, 2.75) is 25.7 Å². The van der Waals surface area contributed by atoms with Gasteiger partial charge in [-0.3, -0.25) is 9.20 Å². The van der Waals surface area contributed by atoms with E-state index >= 15 is 0 Å². The molecule has 4 nitrogen and oxygen atoms in total. The minimum absolute atomic E-state index is 0.314. The zero-order valence-electron chi connectivity index (χ0n) is 10.3. The summed E-state index contributed by atoms with van der Waals surface area (Å²) in [5.74, 6) is 0.837. The Hall–Kier alpha value is -1.20. The summed E-state index contributed by atoms with van der Waals surface area (Å²) < 4.78 is 1.98. The molecule has 18 heavy (non-hydrogen) atoms. The van der Waals surface area contributed by atoms with Crippen molar-refractivity contribution in [3.8, 4) is 0 Å². The summed E-state index contributed by atoms with van der Waals surface area (Å²) in [7, 11) is 0. The number of piperidine rings is 1. The Morgan fingerprint density at radius 3 is 3.33 bits per heavy atom. The average Bonchev–Trinajstić information content (AvgIpc) is 2.90. The molecule has 2 aromatic rings. The molecule has 1 unspecified atom stereocenters. The number of rotatable bonds is 4. The van der Waals surface area contributed by atoms with Crippen LogP contribution < -0.4 is 5.32 Å². The molecule has 1 fully saturated rings. The third-order valence-corrected chi connectivity index (χ3v) is 4.21. The van der Waals surface area contributed by atoms with Crippen molar-refractivity contribution in [2.24, 2.45) is 5.92 Å². The molecular formula is C13H17N3OS. The first-order valence-electron chi connectivity index (χ1n) is 6.45. The Labute approximate surface area is 110 Å². The molecule has 0 spiro atoms. The summed E-state index contributed by atoms with van der Waals surface area (Å²) in [6, 6.07) is 0. The first-order valence-corrected chi connectivity index (χ1v) is 7.33. The number of Topliss-reactive ketones (excluding diaryl/α,β-unsaturated/α-hetero) is 1. The van der Waals surface area contributed by atoms with Crippen LogP contribution in [0, 0.1) is 5.92 Å². The van der Waals surface area contributed by atoms with Gasteiger partial charge in [-0.15, -0.1) is 11.3 Å². The minimum Gasteiger partial charge on any atom is -0.316 e. The minimum atomic E-state index is 0.314. The van der Waals surface area contributed by atoms with E-state index in [4.69, 9.17) is 0 Å². The van der Waals surface area contributed by atoms with Crippen LogP contribution in [0.5, 0.6) is 0 Å². The van der Waals surface area contributed by atoms with Gasteiger partial charge in [0.05, 0.1) is 12.1 Å². The third-order valence-electron chi connectivity index (χ3n) is 3.44. The Morgan fingerprint density at radius 1 is 1.61 bits per heavy atom. The highest BCUT2D eigenvalue weighted by Crippen LogP contribution is 2.17. The van der Waals surface area contributed by atoms with Crippen molar-refractivity contribution in [1.82, 2.24) is 14.7 Å². The van der Waals surface area contributed by atoms with Crippen LogP contribution in [-0.4, -0.2) is 28.3 Å². The van der Waals surface area contributed by atoms with E-state index in [1.165, 1.54) is 12.8 Å². The number of fused-ring (bicyclic) bond motifs is 1. The molecule has 3 rings (SSSR count). The maximum atomic E-state index is 12.0. The molecule has 0 saturated carbocycles. The topological polar surface area (TPSA) is 46.4 Å². The number of carbonyl (C=O) groups is 1. The highest BCUT2D eigenvalue weighted by Gasteiger charge is 2.17. The van der Waals surface area contributed by atoms with Crippen molar-refractivity contribution < 1.29 is 4.79 Å². The normalized spacial score (nSPS) is 20.3. The monoisotopic (exact) mass is 263 g/mol. The largest absolute Gasteiger partial charge is 0.316 e. The number of nitrogens with one attached hydrogen (secondary N) is 1. The molecule has 0 amide bonds. The predicted molar refractivity (Wildman–Crippen MR) is 72.0 cm³/mol. The van der Waals surface area contributed by atoms with E-state index in [0.29, 0.717) is 24.5 Å². The number of hydrogen-bond acceptors (Lipinski definition) is 4. The molecular weight excluding hydrogens is 246 g/mol. The van der Waals surface area contributed by atoms with Crippen molar-refractivity contribution in [1.29, 1.82) is 0 Å². The number of imidazole rings is 1. The molecule has 0 aromatic carbocycles. The van der Waals surface area contributed by atoms with Crippen molar-refractivity contribution in [2.75, 3.05) is 13.1 Å². The molecule has 2 aromatic heterocycles. The fourth-order valence-corrected chi connectivity index (χ4v) is 3.27. The third kappa shape index (κ3) is 2.62. The summed E-state index contributed by atoms with van der Waals surface area (Å²) in [4.78, 5) is 17.4. The smallest absolute Gasteiger partial charge is 0.193 e. The van der Waals surface area contributed by atoms with E-state index in [1.807, 2.05) is 22.2 Å². The van der Waals surface area contributed by atoms with Gasteiger partial charge >= 0.3 is 0 Å². The van der Waals surface area contributed by atoms with Gasteiger partial charge in [-0.25, -0.2) is 4.98 Å². The van der Waals surface area contributed by atoms with Crippen molar-refractivity contribution in [3.05, 3.63) is 23.5 Å². The van der Waals surface area contributed by atoms with E-state index in [0.717, 1.165) is 23.7 Å².